The Morgan fingerprint density at radius 1 is 1.36 bits per heavy atom. The second-order valence-corrected chi connectivity index (χ2v) is 6.40. The highest BCUT2D eigenvalue weighted by atomic mass is 32.1. The number of amides is 1. The first-order valence-electron chi connectivity index (χ1n) is 7.50. The molecule has 1 amide bonds. The molecule has 0 fully saturated rings. The van der Waals surface area contributed by atoms with E-state index in [4.69, 9.17) is 0 Å². The molecule has 3 aromatic rings. The summed E-state index contributed by atoms with van der Waals surface area (Å²) in [6.45, 7) is 4.02. The zero-order valence-electron chi connectivity index (χ0n) is 13.7. The summed E-state index contributed by atoms with van der Waals surface area (Å²) in [6, 6.07) is 5.28. The Balaban J connectivity index is 1.82. The zero-order chi connectivity index (χ0) is 17.8. The minimum atomic E-state index is -0.368. The molecule has 0 atom stereocenters. The average Bonchev–Trinajstić information content (AvgIpc) is 2.98. The lowest BCUT2D eigenvalue weighted by Gasteiger charge is -2.01. The van der Waals surface area contributed by atoms with Crippen molar-refractivity contribution in [1.82, 2.24) is 15.4 Å². The van der Waals surface area contributed by atoms with Gasteiger partial charge in [-0.15, -0.1) is 0 Å². The molecule has 8 heteroatoms. The second-order valence-electron chi connectivity index (χ2n) is 5.39. The van der Waals surface area contributed by atoms with Crippen LogP contribution in [0, 0.1) is 13.8 Å². The number of carbonyl (C=O) groups is 1. The predicted molar refractivity (Wildman–Crippen MR) is 95.2 cm³/mol. The van der Waals surface area contributed by atoms with Crippen molar-refractivity contribution in [2.45, 2.75) is 13.8 Å². The molecule has 3 heterocycles. The number of hydrazone groups is 1. The summed E-state index contributed by atoms with van der Waals surface area (Å²) in [5.74, 6) is 0.241. The van der Waals surface area contributed by atoms with E-state index in [-0.39, 0.29) is 10.8 Å². The highest BCUT2D eigenvalue weighted by Crippen LogP contribution is 2.08. The lowest BCUT2D eigenvalue weighted by atomic mass is 10.2. The van der Waals surface area contributed by atoms with Crippen molar-refractivity contribution < 1.29 is 9.36 Å². The summed E-state index contributed by atoms with van der Waals surface area (Å²) in [7, 11) is 0. The first-order valence-corrected chi connectivity index (χ1v) is 8.31. The normalized spacial score (nSPS) is 11.0. The molecule has 0 saturated heterocycles. The third kappa shape index (κ3) is 3.86. The van der Waals surface area contributed by atoms with Crippen LogP contribution in [-0.4, -0.2) is 22.1 Å². The molecule has 3 aromatic heterocycles. The van der Waals surface area contributed by atoms with Crippen molar-refractivity contribution in [3.63, 3.8) is 0 Å². The number of hydrogen-bond acceptors (Lipinski definition) is 5. The lowest BCUT2D eigenvalue weighted by Crippen LogP contribution is -2.32. The molecule has 0 unspecified atom stereocenters. The molecule has 126 valence electrons. The van der Waals surface area contributed by atoms with Gasteiger partial charge in [0.1, 0.15) is 4.88 Å². The Bertz CT molecular complexity index is 992. The molecular formula is C17H16N5O2S+. The minimum absolute atomic E-state index is 0.194. The fourth-order valence-electron chi connectivity index (χ4n) is 2.14. The molecule has 0 aliphatic heterocycles. The number of carbonyl (C=O) groups excluding carboxylic acids is 1. The van der Waals surface area contributed by atoms with Gasteiger partial charge in [-0.1, -0.05) is 0 Å². The van der Waals surface area contributed by atoms with E-state index < -0.39 is 0 Å². The maximum Gasteiger partial charge on any atom is 0.390 e. The molecule has 0 aliphatic carbocycles. The van der Waals surface area contributed by atoms with Gasteiger partial charge in [-0.05, 0) is 54.5 Å². The van der Waals surface area contributed by atoms with Gasteiger partial charge in [0.15, 0.2) is 0 Å². The van der Waals surface area contributed by atoms with E-state index in [2.05, 4.69) is 20.5 Å². The van der Waals surface area contributed by atoms with Gasteiger partial charge in [-0.2, -0.15) is 10.1 Å². The number of H-pyrrole nitrogens is 1. The van der Waals surface area contributed by atoms with Crippen LogP contribution in [0.4, 0.5) is 0 Å². The van der Waals surface area contributed by atoms with Crippen LogP contribution in [-0.2, 0) is 0 Å². The van der Waals surface area contributed by atoms with Crippen LogP contribution in [0.1, 0.15) is 26.4 Å². The lowest BCUT2D eigenvalue weighted by molar-refractivity contribution is -0.599. The van der Waals surface area contributed by atoms with E-state index in [0.29, 0.717) is 16.3 Å². The number of aromatic nitrogens is 3. The van der Waals surface area contributed by atoms with Crippen LogP contribution in [0.25, 0.3) is 5.82 Å². The molecule has 2 N–H and O–H groups in total. The number of hydrogen-bond donors (Lipinski definition) is 2. The van der Waals surface area contributed by atoms with Crippen LogP contribution in [0.3, 0.4) is 0 Å². The van der Waals surface area contributed by atoms with Crippen molar-refractivity contribution >= 4 is 23.5 Å². The molecule has 7 nitrogen and oxygen atoms in total. The number of thiazole rings is 1. The maximum absolute atomic E-state index is 11.9. The Morgan fingerprint density at radius 3 is 2.92 bits per heavy atom. The van der Waals surface area contributed by atoms with Gasteiger partial charge in [-0.25, -0.2) is 14.8 Å². The number of aromatic amines is 1. The summed E-state index contributed by atoms with van der Waals surface area (Å²) >= 11 is 1.02. The van der Waals surface area contributed by atoms with Crippen molar-refractivity contribution in [2.24, 2.45) is 5.10 Å². The van der Waals surface area contributed by atoms with Crippen molar-refractivity contribution in [1.29, 1.82) is 0 Å². The summed E-state index contributed by atoms with van der Waals surface area (Å²) < 4.78 is 1.82. The fraction of sp³-hybridized carbons (Fsp3) is 0.118. The summed E-state index contributed by atoms with van der Waals surface area (Å²) in [6.07, 6.45) is 8.29. The number of nitrogens with one attached hydrogen (secondary N) is 2. The molecular weight excluding hydrogens is 338 g/mol. The van der Waals surface area contributed by atoms with Gasteiger partial charge in [0.2, 0.25) is 0 Å². The van der Waals surface area contributed by atoms with Crippen LogP contribution in [0.2, 0.25) is 0 Å². The molecule has 0 bridgehead atoms. The highest BCUT2D eigenvalue weighted by Gasteiger charge is 2.16. The van der Waals surface area contributed by atoms with Gasteiger partial charge in [-0.3, -0.25) is 9.78 Å². The SMILES string of the molecule is Cc1cc[n+](-c2[nH]c(=O)sc2/C=N/NC(=O)c2cccnc2)cc1C. The summed E-state index contributed by atoms with van der Waals surface area (Å²) in [5.41, 5.74) is 5.10. The van der Waals surface area contributed by atoms with Crippen molar-refractivity contribution in [2.75, 3.05) is 0 Å². The second kappa shape index (κ2) is 7.18. The van der Waals surface area contributed by atoms with E-state index in [1.807, 2.05) is 36.9 Å². The predicted octanol–water partition coefficient (Wildman–Crippen LogP) is 1.49. The van der Waals surface area contributed by atoms with Gasteiger partial charge < -0.3 is 0 Å². The molecule has 0 spiro atoms. The number of nitrogens with zero attached hydrogens (tertiary/aromatic N) is 3. The van der Waals surface area contributed by atoms with Gasteiger partial charge in [0, 0.05) is 12.4 Å². The molecule has 0 radical (unpaired) electrons. The van der Waals surface area contributed by atoms with Gasteiger partial charge in [0.05, 0.1) is 24.2 Å². The van der Waals surface area contributed by atoms with Crippen LogP contribution in [0.5, 0.6) is 0 Å². The smallest absolute Gasteiger partial charge is 0.267 e. The topological polar surface area (TPSA) is 91.1 Å². The number of pyridine rings is 2. The monoisotopic (exact) mass is 354 g/mol. The minimum Gasteiger partial charge on any atom is -0.267 e. The van der Waals surface area contributed by atoms with Crippen molar-refractivity contribution in [3.8, 4) is 5.82 Å². The number of rotatable bonds is 4. The van der Waals surface area contributed by atoms with Gasteiger partial charge in [0.25, 0.3) is 5.91 Å². The van der Waals surface area contributed by atoms with E-state index in [1.54, 1.807) is 18.3 Å². The summed E-state index contributed by atoms with van der Waals surface area (Å²) in [4.78, 5) is 30.8. The van der Waals surface area contributed by atoms with E-state index >= 15 is 0 Å². The molecule has 0 aromatic carbocycles. The van der Waals surface area contributed by atoms with Crippen molar-refractivity contribution in [3.05, 3.63) is 74.2 Å². The third-order valence-electron chi connectivity index (χ3n) is 3.63. The first kappa shape index (κ1) is 16.7. The molecule has 0 aliphatic rings. The molecule has 0 saturated carbocycles. The van der Waals surface area contributed by atoms with Crippen LogP contribution < -0.4 is 14.9 Å². The van der Waals surface area contributed by atoms with E-state index in [1.165, 1.54) is 12.4 Å². The zero-order valence-corrected chi connectivity index (χ0v) is 14.5. The third-order valence-corrected chi connectivity index (χ3v) is 4.43. The van der Waals surface area contributed by atoms with E-state index in [0.717, 1.165) is 22.5 Å². The van der Waals surface area contributed by atoms with Crippen LogP contribution in [0.15, 0.2) is 52.9 Å². The Morgan fingerprint density at radius 2 is 2.20 bits per heavy atom. The fourth-order valence-corrected chi connectivity index (χ4v) is 2.84. The van der Waals surface area contributed by atoms with Gasteiger partial charge >= 0.3 is 10.7 Å². The van der Waals surface area contributed by atoms with E-state index in [9.17, 15) is 9.59 Å². The Hall–Kier alpha value is -3.13. The molecule has 25 heavy (non-hydrogen) atoms. The Labute approximate surface area is 147 Å². The maximum atomic E-state index is 11.9. The highest BCUT2D eigenvalue weighted by molar-refractivity contribution is 7.11. The quantitative estimate of drug-likeness (QED) is 0.422. The largest absolute Gasteiger partial charge is 0.390 e. The number of aryl methyl sites for hydroxylation is 2. The molecule has 3 rings (SSSR count). The standard InChI is InChI=1S/C17H15N5O2S/c1-11-5-7-22(10-12(11)2)15-14(25-17(24)20-15)9-19-21-16(23)13-4-3-6-18-8-13/h3-10H,1-2H3,(H-,19,20,21,23,24)/p+1. The Kier molecular flexibility index (Phi) is 4.80. The first-order chi connectivity index (χ1) is 12.0. The van der Waals surface area contributed by atoms with Crippen LogP contribution >= 0.6 is 11.3 Å². The summed E-state index contributed by atoms with van der Waals surface area (Å²) in [5, 5.41) is 3.94. The average molecular weight is 354 g/mol.